The minimum absolute atomic E-state index is 0.0325. The summed E-state index contributed by atoms with van der Waals surface area (Å²) in [6.07, 6.45) is -0.718. The van der Waals surface area contributed by atoms with Crippen molar-refractivity contribution in [2.75, 3.05) is 6.54 Å². The first-order valence-corrected chi connectivity index (χ1v) is 16.0. The third kappa shape index (κ3) is 6.37. The maximum Gasteiger partial charge on any atom is 0.255 e. The van der Waals surface area contributed by atoms with Crippen LogP contribution in [0.2, 0.25) is 0 Å². The van der Waals surface area contributed by atoms with E-state index in [2.05, 4.69) is 10.3 Å². The van der Waals surface area contributed by atoms with Crippen LogP contribution in [0.25, 0.3) is 10.4 Å². The van der Waals surface area contributed by atoms with Crippen molar-refractivity contribution in [3.8, 4) is 16.2 Å². The standard InChI is InChI=1S/C34H42N4O5S/c1-19(2)29(38-16-23-10-8-9-11-26(23)32(38)41)33(42)37-17-24(39)15-27(37)31(40)36-20(3)25-13-12-22(30-21(4)35-18-44-30)14-28(25)43-34(5,6)7/h8-14,18-20,24,27,29,39H,15-17H2,1-7H3,(H,36,40)/t20-,24+,27-,29-/m0/s1. The lowest BCUT2D eigenvalue weighted by Gasteiger charge is -2.35. The lowest BCUT2D eigenvalue weighted by atomic mass is 10.00. The molecule has 9 nitrogen and oxygen atoms in total. The molecule has 0 saturated carbocycles. The Morgan fingerprint density at radius 2 is 1.86 bits per heavy atom. The van der Waals surface area contributed by atoms with Gasteiger partial charge in [-0.2, -0.15) is 0 Å². The van der Waals surface area contributed by atoms with Gasteiger partial charge in [0.15, 0.2) is 0 Å². The van der Waals surface area contributed by atoms with Crippen LogP contribution in [0.1, 0.15) is 81.2 Å². The van der Waals surface area contributed by atoms with Crippen LogP contribution >= 0.6 is 11.3 Å². The van der Waals surface area contributed by atoms with Gasteiger partial charge in [0, 0.05) is 30.6 Å². The van der Waals surface area contributed by atoms with E-state index in [1.165, 1.54) is 4.90 Å². The van der Waals surface area contributed by atoms with Crippen LogP contribution in [0.4, 0.5) is 0 Å². The average molecular weight is 619 g/mol. The molecule has 3 heterocycles. The second-order valence-corrected chi connectivity index (χ2v) is 14.0. The van der Waals surface area contributed by atoms with Gasteiger partial charge in [0.25, 0.3) is 5.91 Å². The number of aliphatic hydroxyl groups excluding tert-OH is 1. The summed E-state index contributed by atoms with van der Waals surface area (Å²) in [5, 5.41) is 13.7. The first-order chi connectivity index (χ1) is 20.7. The third-order valence-electron chi connectivity index (χ3n) is 8.20. The van der Waals surface area contributed by atoms with Crippen molar-refractivity contribution in [1.82, 2.24) is 20.1 Å². The third-order valence-corrected chi connectivity index (χ3v) is 9.17. The van der Waals surface area contributed by atoms with Crippen LogP contribution in [0.3, 0.4) is 0 Å². The van der Waals surface area contributed by atoms with E-state index in [9.17, 15) is 19.5 Å². The molecule has 0 aliphatic carbocycles. The van der Waals surface area contributed by atoms with Gasteiger partial charge >= 0.3 is 0 Å². The van der Waals surface area contributed by atoms with Gasteiger partial charge in [-0.1, -0.05) is 44.2 Å². The van der Waals surface area contributed by atoms with E-state index >= 15 is 0 Å². The number of thiazole rings is 1. The van der Waals surface area contributed by atoms with E-state index < -0.39 is 29.8 Å². The number of aromatic nitrogens is 1. The Hall–Kier alpha value is -3.76. The number of benzene rings is 2. The topological polar surface area (TPSA) is 112 Å². The first kappa shape index (κ1) is 31.7. The van der Waals surface area contributed by atoms with Crippen molar-refractivity contribution in [3.05, 3.63) is 70.4 Å². The van der Waals surface area contributed by atoms with Crippen LogP contribution in [0.15, 0.2) is 48.0 Å². The molecule has 1 aromatic heterocycles. The van der Waals surface area contributed by atoms with Crippen molar-refractivity contribution in [2.24, 2.45) is 5.92 Å². The van der Waals surface area contributed by atoms with Gasteiger partial charge in [-0.3, -0.25) is 14.4 Å². The summed E-state index contributed by atoms with van der Waals surface area (Å²) in [4.78, 5) is 49.7. The normalized spacial score (nSPS) is 19.7. The van der Waals surface area contributed by atoms with Gasteiger partial charge in [-0.25, -0.2) is 4.98 Å². The summed E-state index contributed by atoms with van der Waals surface area (Å²) in [6.45, 7) is 13.9. The molecule has 0 bridgehead atoms. The van der Waals surface area contributed by atoms with Gasteiger partial charge in [-0.05, 0) is 63.8 Å². The Morgan fingerprint density at radius 3 is 2.50 bits per heavy atom. The highest BCUT2D eigenvalue weighted by atomic mass is 32.1. The predicted molar refractivity (Wildman–Crippen MR) is 170 cm³/mol. The molecule has 0 unspecified atom stereocenters. The first-order valence-electron chi connectivity index (χ1n) is 15.2. The van der Waals surface area contributed by atoms with Crippen molar-refractivity contribution < 1.29 is 24.2 Å². The summed E-state index contributed by atoms with van der Waals surface area (Å²) in [5.74, 6) is -0.414. The molecule has 2 aromatic carbocycles. The van der Waals surface area contributed by atoms with Gasteiger partial charge in [0.05, 0.1) is 28.2 Å². The van der Waals surface area contributed by atoms with Crippen molar-refractivity contribution >= 4 is 29.1 Å². The SMILES string of the molecule is Cc1ncsc1-c1ccc([C@H](C)NC(=O)[C@@H]2C[C@@H](O)CN2C(=O)[C@H](C(C)C)N2Cc3ccccc3C2=O)c(OC(C)(C)C)c1. The van der Waals surface area contributed by atoms with Crippen molar-refractivity contribution in [3.63, 3.8) is 0 Å². The lowest BCUT2D eigenvalue weighted by molar-refractivity contribution is -0.143. The van der Waals surface area contributed by atoms with E-state index in [1.807, 2.05) is 90.4 Å². The molecule has 2 aliphatic heterocycles. The summed E-state index contributed by atoms with van der Waals surface area (Å²) < 4.78 is 6.36. The number of nitrogens with one attached hydrogen (secondary N) is 1. The molecule has 5 rings (SSSR count). The van der Waals surface area contributed by atoms with E-state index in [4.69, 9.17) is 4.74 Å². The quantitative estimate of drug-likeness (QED) is 0.363. The van der Waals surface area contributed by atoms with Crippen LogP contribution in [-0.4, -0.2) is 67.9 Å². The van der Waals surface area contributed by atoms with E-state index in [0.29, 0.717) is 17.9 Å². The number of hydrogen-bond acceptors (Lipinski definition) is 7. The Balaban J connectivity index is 1.37. The van der Waals surface area contributed by atoms with Gasteiger partial charge in [0.1, 0.15) is 23.4 Å². The van der Waals surface area contributed by atoms with E-state index in [0.717, 1.165) is 27.3 Å². The number of fused-ring (bicyclic) bond motifs is 1. The predicted octanol–water partition coefficient (Wildman–Crippen LogP) is 5.12. The molecule has 0 radical (unpaired) electrons. The van der Waals surface area contributed by atoms with Gasteiger partial charge < -0.3 is 25.0 Å². The zero-order valence-electron chi connectivity index (χ0n) is 26.5. The second-order valence-electron chi connectivity index (χ2n) is 13.1. The zero-order valence-corrected chi connectivity index (χ0v) is 27.3. The molecule has 2 aliphatic rings. The molecule has 1 saturated heterocycles. The molecular weight excluding hydrogens is 576 g/mol. The largest absolute Gasteiger partial charge is 0.488 e. The monoisotopic (exact) mass is 618 g/mol. The van der Waals surface area contributed by atoms with E-state index in [1.54, 1.807) is 22.3 Å². The number of β-amino-alcohol motifs (C(OH)–C–C–N with tert-alkyl or cyclic N) is 1. The fourth-order valence-corrected chi connectivity index (χ4v) is 6.98. The highest BCUT2D eigenvalue weighted by Gasteiger charge is 2.46. The number of aryl methyl sites for hydroxylation is 1. The molecule has 3 aromatic rings. The summed E-state index contributed by atoms with van der Waals surface area (Å²) in [5.41, 5.74) is 5.55. The smallest absolute Gasteiger partial charge is 0.255 e. The molecule has 0 spiro atoms. The highest BCUT2D eigenvalue weighted by Crippen LogP contribution is 2.36. The Morgan fingerprint density at radius 1 is 1.14 bits per heavy atom. The molecule has 3 amide bonds. The molecule has 2 N–H and O–H groups in total. The number of amides is 3. The number of rotatable bonds is 8. The molecular formula is C34H42N4O5S. The number of aliphatic hydroxyl groups is 1. The molecule has 10 heteroatoms. The lowest BCUT2D eigenvalue weighted by Crippen LogP contribution is -2.55. The van der Waals surface area contributed by atoms with Crippen LogP contribution in [-0.2, 0) is 16.1 Å². The Bertz CT molecular complexity index is 1560. The molecule has 1 fully saturated rings. The maximum absolute atomic E-state index is 14.1. The average Bonchev–Trinajstić information content (AvgIpc) is 3.64. The fourth-order valence-electron chi connectivity index (χ4n) is 6.17. The van der Waals surface area contributed by atoms with Gasteiger partial charge in [-0.15, -0.1) is 11.3 Å². The number of likely N-dealkylation sites (tertiary alicyclic amines) is 1. The van der Waals surface area contributed by atoms with Crippen LogP contribution in [0, 0.1) is 12.8 Å². The summed E-state index contributed by atoms with van der Waals surface area (Å²) >= 11 is 1.56. The Labute approximate surface area is 263 Å². The van der Waals surface area contributed by atoms with Gasteiger partial charge in [0.2, 0.25) is 11.8 Å². The number of carbonyl (C=O) groups excluding carboxylic acids is 3. The number of nitrogens with zero attached hydrogens (tertiary/aromatic N) is 3. The Kier molecular flexibility index (Phi) is 8.87. The van der Waals surface area contributed by atoms with E-state index in [-0.39, 0.29) is 36.6 Å². The van der Waals surface area contributed by atoms with Crippen molar-refractivity contribution in [2.45, 2.75) is 91.3 Å². The summed E-state index contributed by atoms with van der Waals surface area (Å²) in [7, 11) is 0. The minimum atomic E-state index is -0.868. The molecule has 4 atom stereocenters. The number of ether oxygens (including phenoxy) is 1. The van der Waals surface area contributed by atoms with Crippen LogP contribution < -0.4 is 10.1 Å². The van der Waals surface area contributed by atoms with Crippen LogP contribution in [0.5, 0.6) is 5.75 Å². The second kappa shape index (κ2) is 12.3. The zero-order chi connectivity index (χ0) is 31.9. The molecule has 234 valence electrons. The van der Waals surface area contributed by atoms with Crippen molar-refractivity contribution in [1.29, 1.82) is 0 Å². The summed E-state index contributed by atoms with van der Waals surface area (Å²) in [6, 6.07) is 11.2. The number of carbonyl (C=O) groups is 3. The minimum Gasteiger partial charge on any atom is -0.488 e. The highest BCUT2D eigenvalue weighted by molar-refractivity contribution is 7.13. The molecule has 44 heavy (non-hydrogen) atoms. The number of hydrogen-bond donors (Lipinski definition) is 2. The maximum atomic E-state index is 14.1. The fraction of sp³-hybridized carbons (Fsp3) is 0.471.